The minimum absolute atomic E-state index is 0. The van der Waals surface area contributed by atoms with Gasteiger partial charge in [0.1, 0.15) is 0 Å². The van der Waals surface area contributed by atoms with E-state index in [1.54, 1.807) is 0 Å². The Balaban J connectivity index is 0.000000258. The van der Waals surface area contributed by atoms with Gasteiger partial charge in [-0.3, -0.25) is 0 Å². The Kier molecular flexibility index (Phi) is 8.92. The molecule has 0 aliphatic heterocycles. The van der Waals surface area contributed by atoms with Gasteiger partial charge in [-0.05, 0) is 46.9 Å². The van der Waals surface area contributed by atoms with Gasteiger partial charge in [0.15, 0.2) is 0 Å². The molecule has 0 radical (unpaired) electrons. The van der Waals surface area contributed by atoms with E-state index in [-0.39, 0.29) is 17.1 Å². The van der Waals surface area contributed by atoms with Crippen molar-refractivity contribution in [3.63, 3.8) is 0 Å². The molecule has 0 heterocycles. The van der Waals surface area contributed by atoms with Crippen LogP contribution in [0.25, 0.3) is 0 Å². The summed E-state index contributed by atoms with van der Waals surface area (Å²) in [7, 11) is 0. The topological polar surface area (TPSA) is 0 Å². The molecule has 0 fully saturated rings. The van der Waals surface area contributed by atoms with Crippen LogP contribution in [-0.4, -0.2) is 0 Å². The molecule has 22 heavy (non-hydrogen) atoms. The number of rotatable bonds is 1. The molecule has 112 valence electrons. The molecule has 0 nitrogen and oxygen atoms in total. The summed E-state index contributed by atoms with van der Waals surface area (Å²) in [6.45, 7) is 2.16. The number of hydrogen-bond donors (Lipinski definition) is 0. The third-order valence-corrected chi connectivity index (χ3v) is 3.72. The summed E-state index contributed by atoms with van der Waals surface area (Å²) in [4.78, 5) is 0. The first-order valence-corrected chi connectivity index (χ1v) is 8.05. The van der Waals surface area contributed by atoms with Crippen LogP contribution in [0.4, 0.5) is 0 Å². The van der Waals surface area contributed by atoms with E-state index >= 15 is 0 Å². The second-order valence-corrected chi connectivity index (χ2v) is 5.82. The van der Waals surface area contributed by atoms with Gasteiger partial charge in [-0.2, -0.15) is 48.0 Å². The van der Waals surface area contributed by atoms with Crippen molar-refractivity contribution < 1.29 is 17.1 Å². The van der Waals surface area contributed by atoms with Crippen LogP contribution in [0.15, 0.2) is 72.8 Å². The minimum Gasteiger partial charge on any atom is -0.211 e. The average Bonchev–Trinajstić information content (AvgIpc) is 3.21. The molecular weight excluding hydrogens is 423 g/mol. The fourth-order valence-corrected chi connectivity index (χ4v) is 2.14. The zero-order valence-electron chi connectivity index (χ0n) is 12.4. The number of aryl methyl sites for hydroxylation is 1. The van der Waals surface area contributed by atoms with E-state index < -0.39 is 0 Å². The van der Waals surface area contributed by atoms with Gasteiger partial charge in [-0.15, -0.1) is 11.5 Å². The zero-order chi connectivity index (χ0) is 14.9. The first kappa shape index (κ1) is 18.8. The van der Waals surface area contributed by atoms with Crippen LogP contribution in [0.3, 0.4) is 0 Å². The summed E-state index contributed by atoms with van der Waals surface area (Å²) in [5, 5.41) is 0. The summed E-state index contributed by atoms with van der Waals surface area (Å²) >= 11 is 2.29. The van der Waals surface area contributed by atoms with Gasteiger partial charge < -0.3 is 0 Å². The summed E-state index contributed by atoms with van der Waals surface area (Å²) in [5.74, 6) is 6.23. The Morgan fingerprint density at radius 2 is 1.50 bits per heavy atom. The number of benzene rings is 1. The first-order chi connectivity index (χ1) is 10.3. The second kappa shape index (κ2) is 10.5. The van der Waals surface area contributed by atoms with E-state index in [2.05, 4.69) is 77.8 Å². The molecule has 0 saturated heterocycles. The van der Waals surface area contributed by atoms with Crippen molar-refractivity contribution in [2.24, 2.45) is 0 Å². The van der Waals surface area contributed by atoms with Gasteiger partial charge in [0, 0.05) is 9.13 Å². The Morgan fingerprint density at radius 3 is 2.00 bits per heavy atom. The molecule has 0 N–H and O–H groups in total. The minimum atomic E-state index is 0. The smallest absolute Gasteiger partial charge is 0.211 e. The van der Waals surface area contributed by atoms with E-state index in [1.165, 1.54) is 9.13 Å². The zero-order valence-corrected chi connectivity index (χ0v) is 15.6. The van der Waals surface area contributed by atoms with Crippen LogP contribution in [0.5, 0.6) is 0 Å². The van der Waals surface area contributed by atoms with Gasteiger partial charge in [0.05, 0.1) is 0 Å². The molecular formula is C20H17FeI. The molecule has 2 heteroatoms. The van der Waals surface area contributed by atoms with Crippen molar-refractivity contribution in [1.82, 2.24) is 0 Å². The van der Waals surface area contributed by atoms with Gasteiger partial charge in [0.2, 0.25) is 0 Å². The van der Waals surface area contributed by atoms with Crippen molar-refractivity contribution in [3.05, 3.63) is 93.1 Å². The average molecular weight is 440 g/mol. The van der Waals surface area contributed by atoms with E-state index in [4.69, 9.17) is 0 Å². The van der Waals surface area contributed by atoms with Crippen LogP contribution < -0.4 is 0 Å². The van der Waals surface area contributed by atoms with Crippen molar-refractivity contribution in [2.75, 3.05) is 0 Å². The molecule has 0 atom stereocenters. The van der Waals surface area contributed by atoms with Crippen molar-refractivity contribution in [3.8, 4) is 11.8 Å². The van der Waals surface area contributed by atoms with E-state index in [1.807, 2.05) is 36.4 Å². The Morgan fingerprint density at radius 1 is 0.864 bits per heavy atom. The molecule has 0 aromatic heterocycles. The molecule has 3 aromatic rings. The monoisotopic (exact) mass is 440 g/mol. The Bertz CT molecular complexity index is 681. The number of halogens is 1. The van der Waals surface area contributed by atoms with E-state index in [0.717, 1.165) is 17.5 Å². The number of hydrogen-bond acceptors (Lipinski definition) is 0. The summed E-state index contributed by atoms with van der Waals surface area (Å²) in [5.41, 5.74) is 3.56. The molecule has 0 spiro atoms. The maximum atomic E-state index is 3.12. The molecule has 0 unspecified atom stereocenters. The molecule has 0 saturated carbocycles. The first-order valence-electron chi connectivity index (χ1n) is 6.98. The van der Waals surface area contributed by atoms with Gasteiger partial charge in [-0.1, -0.05) is 19.3 Å². The quantitative estimate of drug-likeness (QED) is 0.207. The summed E-state index contributed by atoms with van der Waals surface area (Å²) in [6, 6.07) is 24.6. The van der Waals surface area contributed by atoms with Gasteiger partial charge >= 0.3 is 17.1 Å². The molecule has 0 bridgehead atoms. The van der Waals surface area contributed by atoms with Crippen LogP contribution in [-0.2, 0) is 23.5 Å². The van der Waals surface area contributed by atoms with Gasteiger partial charge in [0.25, 0.3) is 0 Å². The maximum Gasteiger partial charge on any atom is 2.00 e. The Hall–Kier alpha value is -1.27. The van der Waals surface area contributed by atoms with Crippen molar-refractivity contribution >= 4 is 22.6 Å². The van der Waals surface area contributed by atoms with Crippen LogP contribution >= 0.6 is 22.6 Å². The standard InChI is InChI=1S/C13H8I.C7H9.Fe/c14-13-9-7-12(8-10-13)6-5-11-3-1-2-4-11;1-2-7-5-3-4-6-7;/h1-4,7-10H;3-6H,2H2,1H3;/q2*-1;+2. The second-order valence-electron chi connectivity index (χ2n) is 4.58. The van der Waals surface area contributed by atoms with E-state index in [0.29, 0.717) is 0 Å². The van der Waals surface area contributed by atoms with Gasteiger partial charge in [-0.25, -0.2) is 6.07 Å². The van der Waals surface area contributed by atoms with Crippen LogP contribution in [0.1, 0.15) is 23.6 Å². The van der Waals surface area contributed by atoms with Crippen LogP contribution in [0.2, 0.25) is 0 Å². The summed E-state index contributed by atoms with van der Waals surface area (Å²) < 4.78 is 1.24. The molecule has 0 aliphatic rings. The molecule has 0 amide bonds. The third kappa shape index (κ3) is 6.66. The predicted molar refractivity (Wildman–Crippen MR) is 98.6 cm³/mol. The van der Waals surface area contributed by atoms with E-state index in [9.17, 15) is 0 Å². The summed E-state index contributed by atoms with van der Waals surface area (Å²) in [6.07, 6.45) is 1.16. The predicted octanol–water partition coefficient (Wildman–Crippen LogP) is 5.38. The Labute approximate surface area is 157 Å². The molecule has 0 aliphatic carbocycles. The third-order valence-electron chi connectivity index (χ3n) is 3.00. The van der Waals surface area contributed by atoms with Crippen molar-refractivity contribution in [2.45, 2.75) is 13.3 Å². The maximum absolute atomic E-state index is 3.12. The molecule has 3 aromatic carbocycles. The fourth-order valence-electron chi connectivity index (χ4n) is 1.78. The van der Waals surface area contributed by atoms with Crippen molar-refractivity contribution in [1.29, 1.82) is 0 Å². The SMILES string of the molecule is CCc1cc[cH-]c1.Ic1ccc(C#Cc2cc[cH-]c2)cc1.[Fe+2]. The molecule has 3 rings (SSSR count). The normalized spacial score (nSPS) is 8.82. The fraction of sp³-hybridized carbons (Fsp3) is 0.100. The van der Waals surface area contributed by atoms with Crippen LogP contribution in [0, 0.1) is 15.4 Å². The largest absolute Gasteiger partial charge is 2.00 e.